The number of pyridine rings is 1. The average molecular weight is 659 g/mol. The fourth-order valence-electron chi connectivity index (χ4n) is 3.81. The van der Waals surface area contributed by atoms with Crippen molar-refractivity contribution >= 4 is 28.4 Å². The van der Waals surface area contributed by atoms with Gasteiger partial charge in [0.05, 0.1) is 26.0 Å². The van der Waals surface area contributed by atoms with Gasteiger partial charge < -0.3 is 24.4 Å². The van der Waals surface area contributed by atoms with Gasteiger partial charge in [0.2, 0.25) is 5.60 Å². The zero-order valence-electron chi connectivity index (χ0n) is 21.8. The Balaban J connectivity index is 1.93. The lowest BCUT2D eigenvalue weighted by atomic mass is 9.89. The van der Waals surface area contributed by atoms with Gasteiger partial charge in [0.1, 0.15) is 18.1 Å². The van der Waals surface area contributed by atoms with Gasteiger partial charge >= 0.3 is 6.18 Å². The summed E-state index contributed by atoms with van der Waals surface area (Å²) >= 11 is 2.12. The number of alkyl halides is 3. The number of aryl methyl sites for hydroxylation is 1. The number of aliphatic hydroxyl groups is 2. The number of carbonyl (C=O) groups is 1. The molecule has 7 nitrogen and oxygen atoms in total. The topological polar surface area (TPSA) is 98.1 Å². The number of halogens is 4. The van der Waals surface area contributed by atoms with Gasteiger partial charge in [-0.15, -0.1) is 0 Å². The molecule has 0 fully saturated rings. The smallest absolute Gasteiger partial charge is 0.422 e. The van der Waals surface area contributed by atoms with Gasteiger partial charge in [-0.05, 0) is 84.8 Å². The van der Waals surface area contributed by atoms with Gasteiger partial charge in [-0.1, -0.05) is 12.1 Å². The minimum Gasteiger partial charge on any atom is -0.494 e. The summed E-state index contributed by atoms with van der Waals surface area (Å²) in [5, 5.41) is 20.4. The Kier molecular flexibility index (Phi) is 9.83. The molecule has 3 rings (SSSR count). The predicted molar refractivity (Wildman–Crippen MR) is 147 cm³/mol. The maximum Gasteiger partial charge on any atom is 0.422 e. The molecule has 39 heavy (non-hydrogen) atoms. The van der Waals surface area contributed by atoms with Gasteiger partial charge in [0.25, 0.3) is 0 Å². The number of nitrogens with zero attached hydrogens (tertiary/aromatic N) is 1. The van der Waals surface area contributed by atoms with Crippen LogP contribution in [0.1, 0.15) is 41.4 Å². The van der Waals surface area contributed by atoms with Crippen molar-refractivity contribution in [3.05, 3.63) is 68.9 Å². The molecular weight excluding hydrogens is 630 g/mol. The van der Waals surface area contributed by atoms with Crippen LogP contribution >= 0.6 is 22.6 Å². The summed E-state index contributed by atoms with van der Waals surface area (Å²) < 4.78 is 59.8. The second-order valence-electron chi connectivity index (χ2n) is 9.02. The molecule has 1 aromatic heterocycles. The van der Waals surface area contributed by atoms with E-state index in [4.69, 9.17) is 14.2 Å². The molecule has 0 saturated heterocycles. The molecule has 0 spiro atoms. The van der Waals surface area contributed by atoms with Crippen molar-refractivity contribution in [2.45, 2.75) is 44.6 Å². The molecule has 0 saturated carbocycles. The van der Waals surface area contributed by atoms with Gasteiger partial charge in [0, 0.05) is 21.1 Å². The summed E-state index contributed by atoms with van der Waals surface area (Å²) in [6, 6.07) is 11.8. The normalized spacial score (nSPS) is 13.9. The molecule has 0 radical (unpaired) electrons. The highest BCUT2D eigenvalue weighted by atomic mass is 127. The van der Waals surface area contributed by atoms with Gasteiger partial charge in [-0.2, -0.15) is 13.2 Å². The van der Waals surface area contributed by atoms with Crippen molar-refractivity contribution in [1.29, 1.82) is 0 Å². The van der Waals surface area contributed by atoms with E-state index in [-0.39, 0.29) is 35.1 Å². The van der Waals surface area contributed by atoms with E-state index in [9.17, 15) is 28.2 Å². The summed E-state index contributed by atoms with van der Waals surface area (Å²) in [5.74, 6) is 0.0492. The Labute approximate surface area is 238 Å². The lowest BCUT2D eigenvalue weighted by molar-refractivity contribution is -0.270. The lowest BCUT2D eigenvalue weighted by Gasteiger charge is -2.30. The van der Waals surface area contributed by atoms with Crippen LogP contribution in [-0.4, -0.2) is 54.1 Å². The predicted octanol–water partition coefficient (Wildman–Crippen LogP) is 5.85. The van der Waals surface area contributed by atoms with E-state index in [2.05, 4.69) is 27.6 Å². The van der Waals surface area contributed by atoms with E-state index in [1.807, 2.05) is 13.0 Å². The van der Waals surface area contributed by atoms with Gasteiger partial charge in [-0.3, -0.25) is 4.79 Å². The number of aromatic nitrogens is 1. The maximum absolute atomic E-state index is 14.3. The number of ether oxygens (including phenoxy) is 3. The molecule has 2 N–H and O–H groups in total. The van der Waals surface area contributed by atoms with Crippen LogP contribution in [0.4, 0.5) is 13.2 Å². The number of rotatable bonds is 11. The largest absolute Gasteiger partial charge is 0.494 e. The molecule has 3 aromatic rings. The van der Waals surface area contributed by atoms with Crippen molar-refractivity contribution < 1.29 is 42.4 Å². The van der Waals surface area contributed by atoms with Crippen molar-refractivity contribution in [3.63, 3.8) is 0 Å². The summed E-state index contributed by atoms with van der Waals surface area (Å²) in [6.07, 6.45) is -7.44. The Morgan fingerprint density at radius 2 is 1.69 bits per heavy atom. The number of Topliss-reactive ketones (excluding diaryl/α,β-unsaturated/α-hetero) is 1. The molecule has 1 unspecified atom stereocenters. The van der Waals surface area contributed by atoms with Crippen LogP contribution in [0.2, 0.25) is 0 Å². The fraction of sp³-hybridized carbons (Fsp3) is 0.357. The van der Waals surface area contributed by atoms with E-state index in [0.717, 1.165) is 15.2 Å². The summed E-state index contributed by atoms with van der Waals surface area (Å²) in [5.41, 5.74) is -2.31. The van der Waals surface area contributed by atoms with Gasteiger partial charge in [-0.25, -0.2) is 4.98 Å². The van der Waals surface area contributed by atoms with Gasteiger partial charge in [0.15, 0.2) is 17.3 Å². The van der Waals surface area contributed by atoms with Crippen molar-refractivity contribution in [2.24, 2.45) is 0 Å². The number of carbonyl (C=O) groups excluding carboxylic acids is 1. The molecule has 1 heterocycles. The first-order valence-electron chi connectivity index (χ1n) is 11.9. The lowest BCUT2D eigenvalue weighted by Crippen LogP contribution is -2.43. The Hall–Kier alpha value is -2.90. The summed E-state index contributed by atoms with van der Waals surface area (Å²) in [4.78, 5) is 17.1. The minimum atomic E-state index is -5.12. The van der Waals surface area contributed by atoms with Crippen LogP contribution in [0.3, 0.4) is 0 Å². The SMILES string of the molecule is COc1cc(C(=O)CC[C@@](O)(c2ccc(OC)c(-c3ccc(C)c(I)c3)n2)C(F)(F)F)ccc1OCC(C)O. The monoisotopic (exact) mass is 659 g/mol. The van der Waals surface area contributed by atoms with Crippen LogP contribution in [-0.2, 0) is 5.60 Å². The third-order valence-electron chi connectivity index (χ3n) is 6.10. The molecule has 0 amide bonds. The zero-order chi connectivity index (χ0) is 29.0. The highest BCUT2D eigenvalue weighted by molar-refractivity contribution is 14.1. The number of aliphatic hydroxyl groups excluding tert-OH is 1. The highest BCUT2D eigenvalue weighted by Crippen LogP contribution is 2.44. The second kappa shape index (κ2) is 12.5. The molecule has 210 valence electrons. The number of hydrogen-bond acceptors (Lipinski definition) is 7. The van der Waals surface area contributed by atoms with E-state index >= 15 is 0 Å². The molecule has 0 aliphatic carbocycles. The van der Waals surface area contributed by atoms with E-state index in [0.29, 0.717) is 5.56 Å². The summed E-state index contributed by atoms with van der Waals surface area (Å²) in [6.45, 7) is 3.42. The molecule has 0 aliphatic heterocycles. The first-order chi connectivity index (χ1) is 18.3. The quantitative estimate of drug-likeness (QED) is 0.197. The van der Waals surface area contributed by atoms with Crippen molar-refractivity contribution in [1.82, 2.24) is 4.98 Å². The van der Waals surface area contributed by atoms with E-state index in [1.54, 1.807) is 12.1 Å². The third-order valence-corrected chi connectivity index (χ3v) is 7.26. The Morgan fingerprint density at radius 1 is 1.03 bits per heavy atom. The molecule has 11 heteroatoms. The van der Waals surface area contributed by atoms with Crippen molar-refractivity contribution in [3.8, 4) is 28.5 Å². The highest BCUT2D eigenvalue weighted by Gasteiger charge is 2.56. The first-order valence-corrected chi connectivity index (χ1v) is 13.0. The minimum absolute atomic E-state index is 0.0130. The van der Waals surface area contributed by atoms with Crippen LogP contribution < -0.4 is 14.2 Å². The third kappa shape index (κ3) is 7.00. The van der Waals surface area contributed by atoms with Crippen molar-refractivity contribution in [2.75, 3.05) is 20.8 Å². The summed E-state index contributed by atoms with van der Waals surface area (Å²) in [7, 11) is 2.73. The van der Waals surface area contributed by atoms with E-state index < -0.39 is 42.2 Å². The van der Waals surface area contributed by atoms with E-state index in [1.165, 1.54) is 45.4 Å². The number of ketones is 1. The molecule has 0 bridgehead atoms. The first kappa shape index (κ1) is 30.6. The number of hydrogen-bond donors (Lipinski definition) is 2. The number of methoxy groups -OCH3 is 2. The number of benzene rings is 2. The Morgan fingerprint density at radius 3 is 2.28 bits per heavy atom. The van der Waals surface area contributed by atoms with Crippen LogP contribution in [0.15, 0.2) is 48.5 Å². The van der Waals surface area contributed by atoms with Crippen LogP contribution in [0.5, 0.6) is 17.2 Å². The average Bonchev–Trinajstić information content (AvgIpc) is 2.90. The molecule has 2 aromatic carbocycles. The van der Waals surface area contributed by atoms with Crippen LogP contribution in [0, 0.1) is 10.5 Å². The maximum atomic E-state index is 14.3. The zero-order valence-corrected chi connectivity index (χ0v) is 24.0. The second-order valence-corrected chi connectivity index (χ2v) is 10.2. The molecule has 0 aliphatic rings. The molecular formula is C28H29F3INO6. The Bertz CT molecular complexity index is 1330. The van der Waals surface area contributed by atoms with Crippen LogP contribution in [0.25, 0.3) is 11.3 Å². The molecule has 2 atom stereocenters. The fourth-order valence-corrected chi connectivity index (χ4v) is 4.33. The standard InChI is InChI=1S/C28H29F3INO6/c1-16-5-6-19(13-20(16)32)26-23(37-3)9-10-25(33-26)27(36,28(29,30)31)12-11-21(35)18-7-8-22(24(14-18)38-4)39-15-17(2)34/h5-10,13-14,17,34,36H,11-12,15H2,1-4H3/t17?,27-/m1/s1.